The standard InChI is InChI=1S/C13H13N3O2S/c14-11-6-8-12(9-7-11)19(17,18)16-13(15)10-4-2-1-3-5-10/h1-9H,14H2,(H2,15,16). The minimum Gasteiger partial charge on any atom is -0.399 e. The molecule has 0 aliphatic rings. The van der Waals surface area contributed by atoms with Gasteiger partial charge in [0.05, 0.1) is 4.90 Å². The third-order valence-electron chi connectivity index (χ3n) is 2.47. The molecule has 5 nitrogen and oxygen atoms in total. The lowest BCUT2D eigenvalue weighted by Crippen LogP contribution is -2.16. The van der Waals surface area contributed by atoms with E-state index in [1.165, 1.54) is 24.3 Å². The van der Waals surface area contributed by atoms with Crippen LogP contribution in [0.2, 0.25) is 0 Å². The number of benzene rings is 2. The van der Waals surface area contributed by atoms with Crippen LogP contribution in [0.15, 0.2) is 63.9 Å². The number of hydrogen-bond donors (Lipinski definition) is 2. The van der Waals surface area contributed by atoms with Crippen molar-refractivity contribution in [2.45, 2.75) is 4.90 Å². The Morgan fingerprint density at radius 3 is 2.11 bits per heavy atom. The van der Waals surface area contributed by atoms with Crippen LogP contribution in [-0.2, 0) is 10.0 Å². The maximum atomic E-state index is 12.0. The van der Waals surface area contributed by atoms with Crippen molar-refractivity contribution in [3.8, 4) is 0 Å². The first-order valence-corrected chi connectivity index (χ1v) is 6.94. The molecule has 0 saturated heterocycles. The van der Waals surface area contributed by atoms with Crippen LogP contribution in [0.5, 0.6) is 0 Å². The molecule has 0 amide bonds. The number of amidine groups is 1. The fraction of sp³-hybridized carbons (Fsp3) is 0. The molecule has 0 unspecified atom stereocenters. The Balaban J connectivity index is 2.39. The third kappa shape index (κ3) is 3.11. The minimum atomic E-state index is -3.82. The molecule has 4 N–H and O–H groups in total. The molecule has 0 heterocycles. The van der Waals surface area contributed by atoms with Crippen LogP contribution in [0, 0.1) is 0 Å². The van der Waals surface area contributed by atoms with Gasteiger partial charge >= 0.3 is 0 Å². The van der Waals surface area contributed by atoms with Crippen molar-refractivity contribution in [1.29, 1.82) is 0 Å². The molecule has 0 fully saturated rings. The molecule has 0 radical (unpaired) electrons. The maximum absolute atomic E-state index is 12.0. The molecule has 0 spiro atoms. The minimum absolute atomic E-state index is 0.0441. The zero-order chi connectivity index (χ0) is 13.9. The predicted octanol–water partition coefficient (Wildman–Crippen LogP) is 1.36. The monoisotopic (exact) mass is 275 g/mol. The van der Waals surface area contributed by atoms with Gasteiger partial charge in [0.15, 0.2) is 0 Å². The summed E-state index contributed by atoms with van der Waals surface area (Å²) in [6.45, 7) is 0. The van der Waals surface area contributed by atoms with E-state index in [0.29, 0.717) is 11.3 Å². The van der Waals surface area contributed by atoms with E-state index in [1.54, 1.807) is 24.3 Å². The van der Waals surface area contributed by atoms with Gasteiger partial charge < -0.3 is 11.5 Å². The highest BCUT2D eigenvalue weighted by Crippen LogP contribution is 2.15. The Hall–Kier alpha value is -2.34. The van der Waals surface area contributed by atoms with Crippen LogP contribution in [0.3, 0.4) is 0 Å². The zero-order valence-electron chi connectivity index (χ0n) is 10.0. The lowest BCUT2D eigenvalue weighted by molar-refractivity contribution is 0.598. The molecule has 98 valence electrons. The van der Waals surface area contributed by atoms with Crippen molar-refractivity contribution in [2.75, 3.05) is 5.73 Å². The number of rotatable bonds is 3. The Labute approximate surface area is 111 Å². The number of hydrogen-bond acceptors (Lipinski definition) is 3. The molecular formula is C13H13N3O2S. The molecule has 0 bridgehead atoms. The van der Waals surface area contributed by atoms with Gasteiger partial charge in [-0.25, -0.2) is 0 Å². The van der Waals surface area contributed by atoms with E-state index in [4.69, 9.17) is 11.5 Å². The summed E-state index contributed by atoms with van der Waals surface area (Å²) in [5.74, 6) is -0.0441. The van der Waals surface area contributed by atoms with Gasteiger partial charge in [-0.05, 0) is 24.3 Å². The van der Waals surface area contributed by atoms with Crippen molar-refractivity contribution < 1.29 is 8.42 Å². The van der Waals surface area contributed by atoms with Crippen molar-refractivity contribution in [3.63, 3.8) is 0 Å². The molecule has 0 aliphatic carbocycles. The van der Waals surface area contributed by atoms with Crippen molar-refractivity contribution >= 4 is 21.5 Å². The largest absolute Gasteiger partial charge is 0.399 e. The summed E-state index contributed by atoms with van der Waals surface area (Å²) in [5.41, 5.74) is 12.2. The van der Waals surface area contributed by atoms with Crippen molar-refractivity contribution in [2.24, 2.45) is 10.1 Å². The molecule has 6 heteroatoms. The first-order valence-electron chi connectivity index (χ1n) is 5.50. The Morgan fingerprint density at radius 2 is 1.53 bits per heavy atom. The third-order valence-corrected chi connectivity index (χ3v) is 3.77. The van der Waals surface area contributed by atoms with Crippen LogP contribution in [0.4, 0.5) is 5.69 Å². The Morgan fingerprint density at radius 1 is 0.947 bits per heavy atom. The second kappa shape index (κ2) is 5.11. The van der Waals surface area contributed by atoms with Gasteiger partial charge in [0.25, 0.3) is 10.0 Å². The van der Waals surface area contributed by atoms with E-state index in [1.807, 2.05) is 6.07 Å². The summed E-state index contributed by atoms with van der Waals surface area (Å²) in [4.78, 5) is 0.0561. The normalized spacial score (nSPS) is 12.3. The highest BCUT2D eigenvalue weighted by molar-refractivity contribution is 7.90. The van der Waals surface area contributed by atoms with E-state index in [-0.39, 0.29) is 10.7 Å². The van der Waals surface area contributed by atoms with Gasteiger partial charge in [0.2, 0.25) is 0 Å². The van der Waals surface area contributed by atoms with Crippen LogP contribution < -0.4 is 11.5 Å². The molecular weight excluding hydrogens is 262 g/mol. The summed E-state index contributed by atoms with van der Waals surface area (Å²) in [5, 5.41) is 0. The lowest BCUT2D eigenvalue weighted by Gasteiger charge is -2.02. The Kier molecular flexibility index (Phi) is 3.52. The van der Waals surface area contributed by atoms with Gasteiger partial charge in [0, 0.05) is 11.3 Å². The summed E-state index contributed by atoms with van der Waals surface area (Å²) in [6.07, 6.45) is 0. The Bertz CT molecular complexity index is 692. The summed E-state index contributed by atoms with van der Waals surface area (Å²) in [7, 11) is -3.82. The van der Waals surface area contributed by atoms with E-state index in [9.17, 15) is 8.42 Å². The molecule has 2 rings (SSSR count). The van der Waals surface area contributed by atoms with Gasteiger partial charge in [-0.1, -0.05) is 30.3 Å². The SMILES string of the molecule is N/C(=N\S(=O)(=O)c1ccc(N)cc1)c1ccccc1. The topological polar surface area (TPSA) is 98.5 Å². The van der Waals surface area contributed by atoms with Crippen LogP contribution in [0.25, 0.3) is 0 Å². The van der Waals surface area contributed by atoms with Crippen LogP contribution in [-0.4, -0.2) is 14.3 Å². The van der Waals surface area contributed by atoms with Crippen molar-refractivity contribution in [1.82, 2.24) is 0 Å². The summed E-state index contributed by atoms with van der Waals surface area (Å²) >= 11 is 0. The maximum Gasteiger partial charge on any atom is 0.284 e. The molecule has 0 atom stereocenters. The highest BCUT2D eigenvalue weighted by atomic mass is 32.2. The number of nitrogens with zero attached hydrogens (tertiary/aromatic N) is 1. The van der Waals surface area contributed by atoms with Gasteiger partial charge in [-0.2, -0.15) is 8.42 Å². The quantitative estimate of drug-likeness (QED) is 0.502. The number of nitrogen functional groups attached to an aromatic ring is 1. The first-order chi connectivity index (χ1) is 8.99. The fourth-order valence-corrected chi connectivity index (χ4v) is 2.43. The van der Waals surface area contributed by atoms with E-state index >= 15 is 0 Å². The lowest BCUT2D eigenvalue weighted by atomic mass is 10.2. The molecule has 2 aromatic rings. The average molecular weight is 275 g/mol. The van der Waals surface area contributed by atoms with E-state index in [2.05, 4.69) is 4.40 Å². The molecule has 0 saturated carbocycles. The van der Waals surface area contributed by atoms with Crippen LogP contribution >= 0.6 is 0 Å². The molecule has 0 aliphatic heterocycles. The average Bonchev–Trinajstić information content (AvgIpc) is 2.40. The van der Waals surface area contributed by atoms with E-state index in [0.717, 1.165) is 0 Å². The molecule has 2 aromatic carbocycles. The smallest absolute Gasteiger partial charge is 0.284 e. The zero-order valence-corrected chi connectivity index (χ0v) is 10.8. The summed E-state index contributed by atoms with van der Waals surface area (Å²) in [6, 6.07) is 14.5. The van der Waals surface area contributed by atoms with E-state index < -0.39 is 10.0 Å². The molecule has 0 aromatic heterocycles. The van der Waals surface area contributed by atoms with Crippen LogP contribution in [0.1, 0.15) is 5.56 Å². The van der Waals surface area contributed by atoms with Gasteiger partial charge in [-0.15, -0.1) is 4.40 Å². The number of sulfonamides is 1. The van der Waals surface area contributed by atoms with Gasteiger partial charge in [-0.3, -0.25) is 0 Å². The van der Waals surface area contributed by atoms with Gasteiger partial charge in [0.1, 0.15) is 5.84 Å². The van der Waals surface area contributed by atoms with Crippen molar-refractivity contribution in [3.05, 3.63) is 60.2 Å². The second-order valence-electron chi connectivity index (χ2n) is 3.89. The first kappa shape index (κ1) is 13.1. The summed E-state index contributed by atoms with van der Waals surface area (Å²) < 4.78 is 27.6. The molecule has 19 heavy (non-hydrogen) atoms. The number of nitrogens with two attached hydrogens (primary N) is 2. The highest BCUT2D eigenvalue weighted by Gasteiger charge is 2.13. The second-order valence-corrected chi connectivity index (χ2v) is 5.49. The fourth-order valence-electron chi connectivity index (χ4n) is 1.48. The predicted molar refractivity (Wildman–Crippen MR) is 75.2 cm³/mol. The number of anilines is 1.